The van der Waals surface area contributed by atoms with Gasteiger partial charge in [-0.2, -0.15) is 15.2 Å². The SMILES string of the molecule is Cc1cc(Nc2cc(C)[nH]n2)nc(N2CCC3(CC2)OCCN(C(C)c2ccc(-n4cc(F)cn4)nc2)C3=O)n1. The summed E-state index contributed by atoms with van der Waals surface area (Å²) in [5, 5.41) is 14.3. The second-order valence-electron chi connectivity index (χ2n) is 10.3. The van der Waals surface area contributed by atoms with E-state index in [1.54, 1.807) is 12.3 Å². The largest absolute Gasteiger partial charge is 0.363 e. The topological polar surface area (TPSA) is 130 Å². The third-order valence-electron chi connectivity index (χ3n) is 7.53. The van der Waals surface area contributed by atoms with Crippen LogP contribution in [-0.4, -0.2) is 77.6 Å². The summed E-state index contributed by atoms with van der Waals surface area (Å²) < 4.78 is 20.9. The van der Waals surface area contributed by atoms with E-state index >= 15 is 0 Å². The van der Waals surface area contributed by atoms with Crippen LogP contribution in [0.4, 0.5) is 22.0 Å². The van der Waals surface area contributed by atoms with Crippen LogP contribution in [0.1, 0.15) is 42.8 Å². The van der Waals surface area contributed by atoms with Crippen LogP contribution in [-0.2, 0) is 9.53 Å². The van der Waals surface area contributed by atoms with Gasteiger partial charge in [-0.05, 0) is 32.4 Å². The fourth-order valence-electron chi connectivity index (χ4n) is 5.32. The summed E-state index contributed by atoms with van der Waals surface area (Å²) in [6.45, 7) is 8.01. The molecule has 2 fully saturated rings. The first kappa shape index (κ1) is 25.9. The molecule has 0 bridgehead atoms. The average molecular weight is 547 g/mol. The van der Waals surface area contributed by atoms with Gasteiger partial charge in [0.15, 0.2) is 17.5 Å². The minimum absolute atomic E-state index is 0.00876. The van der Waals surface area contributed by atoms with Gasteiger partial charge in [0.2, 0.25) is 5.95 Å². The van der Waals surface area contributed by atoms with Crippen molar-refractivity contribution in [1.29, 1.82) is 0 Å². The van der Waals surface area contributed by atoms with Crippen LogP contribution < -0.4 is 10.2 Å². The Morgan fingerprint density at radius 2 is 1.93 bits per heavy atom. The smallest absolute Gasteiger partial charge is 0.255 e. The van der Waals surface area contributed by atoms with Gasteiger partial charge >= 0.3 is 0 Å². The number of aromatic nitrogens is 7. The van der Waals surface area contributed by atoms with Crippen LogP contribution >= 0.6 is 0 Å². The molecule has 1 amide bonds. The second kappa shape index (κ2) is 10.3. The van der Waals surface area contributed by atoms with Crippen LogP contribution in [0.5, 0.6) is 0 Å². The number of hydrogen-bond acceptors (Lipinski definition) is 9. The number of piperidine rings is 1. The number of pyridine rings is 1. The van der Waals surface area contributed by atoms with Gasteiger partial charge in [0.25, 0.3) is 5.91 Å². The molecule has 208 valence electrons. The summed E-state index contributed by atoms with van der Waals surface area (Å²) in [6.07, 6.45) is 5.19. The average Bonchev–Trinajstić information content (AvgIpc) is 3.57. The Labute approximate surface area is 230 Å². The van der Waals surface area contributed by atoms with Crippen molar-refractivity contribution in [2.75, 3.05) is 36.5 Å². The number of halogens is 1. The molecule has 2 saturated heterocycles. The molecule has 6 heterocycles. The first-order valence-electron chi connectivity index (χ1n) is 13.3. The number of morpholine rings is 1. The highest BCUT2D eigenvalue weighted by Crippen LogP contribution is 2.36. The monoisotopic (exact) mass is 546 g/mol. The van der Waals surface area contributed by atoms with E-state index < -0.39 is 11.4 Å². The van der Waals surface area contributed by atoms with Crippen molar-refractivity contribution >= 4 is 23.5 Å². The molecule has 12 nitrogen and oxygen atoms in total. The molecule has 0 aromatic carbocycles. The number of ether oxygens (including phenoxy) is 1. The lowest BCUT2D eigenvalue weighted by atomic mass is 9.87. The Hall–Kier alpha value is -4.39. The Morgan fingerprint density at radius 1 is 1.10 bits per heavy atom. The molecule has 40 heavy (non-hydrogen) atoms. The number of aryl methyl sites for hydroxylation is 2. The summed E-state index contributed by atoms with van der Waals surface area (Å²) in [6, 6.07) is 7.26. The van der Waals surface area contributed by atoms with Crippen molar-refractivity contribution < 1.29 is 13.9 Å². The molecule has 0 aliphatic carbocycles. The number of hydrogen-bond donors (Lipinski definition) is 2. The number of anilines is 3. The van der Waals surface area contributed by atoms with Crippen LogP contribution in [0.25, 0.3) is 5.82 Å². The molecule has 1 atom stereocenters. The quantitative estimate of drug-likeness (QED) is 0.374. The normalized spacial score (nSPS) is 17.9. The molecular weight excluding hydrogens is 515 g/mol. The zero-order chi connectivity index (χ0) is 27.9. The third kappa shape index (κ3) is 4.99. The Kier molecular flexibility index (Phi) is 6.66. The fourth-order valence-corrected chi connectivity index (χ4v) is 5.32. The van der Waals surface area contributed by atoms with Crippen LogP contribution in [0.3, 0.4) is 0 Å². The summed E-state index contributed by atoms with van der Waals surface area (Å²) in [5.74, 6) is 2.04. The van der Waals surface area contributed by atoms with E-state index in [4.69, 9.17) is 9.72 Å². The third-order valence-corrected chi connectivity index (χ3v) is 7.53. The lowest BCUT2D eigenvalue weighted by Crippen LogP contribution is -2.61. The van der Waals surface area contributed by atoms with Gasteiger partial charge in [0.05, 0.1) is 25.0 Å². The number of amides is 1. The highest BCUT2D eigenvalue weighted by Gasteiger charge is 2.48. The van der Waals surface area contributed by atoms with Gasteiger partial charge in [-0.1, -0.05) is 6.07 Å². The number of rotatable bonds is 6. The van der Waals surface area contributed by atoms with Crippen molar-refractivity contribution in [2.45, 2.75) is 45.3 Å². The molecule has 1 spiro atoms. The van der Waals surface area contributed by atoms with E-state index in [-0.39, 0.29) is 11.9 Å². The van der Waals surface area contributed by atoms with Gasteiger partial charge in [0, 0.05) is 62.2 Å². The molecular formula is C27H31FN10O2. The van der Waals surface area contributed by atoms with Crippen molar-refractivity contribution in [2.24, 2.45) is 0 Å². The molecule has 0 radical (unpaired) electrons. The lowest BCUT2D eigenvalue weighted by molar-refractivity contribution is -0.178. The second-order valence-corrected chi connectivity index (χ2v) is 10.3. The summed E-state index contributed by atoms with van der Waals surface area (Å²) in [7, 11) is 0. The number of nitrogens with one attached hydrogen (secondary N) is 2. The number of nitrogens with zero attached hydrogens (tertiary/aromatic N) is 8. The number of aromatic amines is 1. The van der Waals surface area contributed by atoms with E-state index in [1.807, 2.05) is 43.9 Å². The van der Waals surface area contributed by atoms with Crippen molar-refractivity contribution in [3.05, 3.63) is 65.6 Å². The minimum atomic E-state index is -0.875. The van der Waals surface area contributed by atoms with Gasteiger partial charge < -0.3 is 19.9 Å². The summed E-state index contributed by atoms with van der Waals surface area (Å²) >= 11 is 0. The molecule has 2 aliphatic rings. The van der Waals surface area contributed by atoms with E-state index in [9.17, 15) is 9.18 Å². The van der Waals surface area contributed by atoms with Crippen molar-refractivity contribution in [3.8, 4) is 5.82 Å². The first-order chi connectivity index (χ1) is 19.3. The zero-order valence-electron chi connectivity index (χ0n) is 22.6. The van der Waals surface area contributed by atoms with Crippen LogP contribution in [0.2, 0.25) is 0 Å². The van der Waals surface area contributed by atoms with Gasteiger partial charge in [-0.3, -0.25) is 9.89 Å². The summed E-state index contributed by atoms with van der Waals surface area (Å²) in [5.41, 5.74) is 1.80. The molecule has 13 heteroatoms. The molecule has 4 aromatic heterocycles. The van der Waals surface area contributed by atoms with Crippen LogP contribution in [0.15, 0.2) is 42.9 Å². The van der Waals surface area contributed by atoms with E-state index in [2.05, 4.69) is 35.5 Å². The summed E-state index contributed by atoms with van der Waals surface area (Å²) in [4.78, 5) is 31.6. The maximum Gasteiger partial charge on any atom is 0.255 e. The standard InChI is InChI=1S/C27H31FN10O2/c1-17-12-22(32-23-13-18(2)34-35-23)33-26(31-17)36-8-6-27(7-9-36)25(39)37(10-11-40-27)19(3)20-4-5-24(29-14-20)38-16-21(28)15-30-38/h4-5,12-16,19H,6-11H2,1-3H3,(H2,31,32,33,34,35). The lowest BCUT2D eigenvalue weighted by Gasteiger charge is -2.47. The Morgan fingerprint density at radius 3 is 2.60 bits per heavy atom. The molecule has 0 saturated carbocycles. The molecule has 2 aliphatic heterocycles. The molecule has 1 unspecified atom stereocenters. The maximum absolute atomic E-state index is 13.8. The molecule has 4 aromatic rings. The van der Waals surface area contributed by atoms with Crippen LogP contribution in [0, 0.1) is 19.7 Å². The zero-order valence-corrected chi connectivity index (χ0v) is 22.6. The fraction of sp³-hybridized carbons (Fsp3) is 0.407. The van der Waals surface area contributed by atoms with E-state index in [1.165, 1.54) is 10.9 Å². The Bertz CT molecular complexity index is 1510. The van der Waals surface area contributed by atoms with Crippen molar-refractivity contribution in [3.63, 3.8) is 0 Å². The maximum atomic E-state index is 13.8. The minimum Gasteiger partial charge on any atom is -0.363 e. The van der Waals surface area contributed by atoms with Gasteiger partial charge in [-0.15, -0.1) is 0 Å². The predicted molar refractivity (Wildman–Crippen MR) is 145 cm³/mol. The highest BCUT2D eigenvalue weighted by atomic mass is 19.1. The number of carbonyl (C=O) groups is 1. The van der Waals surface area contributed by atoms with Gasteiger partial charge in [0.1, 0.15) is 11.4 Å². The Balaban J connectivity index is 1.13. The van der Waals surface area contributed by atoms with E-state index in [0.717, 1.165) is 23.1 Å². The molecule has 6 rings (SSSR count). The molecule has 2 N–H and O–H groups in total. The van der Waals surface area contributed by atoms with Crippen molar-refractivity contribution in [1.82, 2.24) is 39.8 Å². The number of H-pyrrole nitrogens is 1. The predicted octanol–water partition coefficient (Wildman–Crippen LogP) is 3.24. The first-order valence-corrected chi connectivity index (χ1v) is 13.3. The van der Waals surface area contributed by atoms with E-state index in [0.29, 0.717) is 62.5 Å². The highest BCUT2D eigenvalue weighted by molar-refractivity contribution is 5.86. The van der Waals surface area contributed by atoms with Gasteiger partial charge in [-0.25, -0.2) is 19.0 Å². The number of carbonyl (C=O) groups excluding carboxylic acids is 1.